The fraction of sp³-hybridized carbons (Fsp3) is 0.308. The lowest BCUT2D eigenvalue weighted by atomic mass is 10.1. The summed E-state index contributed by atoms with van der Waals surface area (Å²) >= 11 is 0. The Morgan fingerprint density at radius 3 is 2.89 bits per heavy atom. The Morgan fingerprint density at radius 1 is 1.42 bits per heavy atom. The summed E-state index contributed by atoms with van der Waals surface area (Å²) in [6.45, 7) is 3.23. The fourth-order valence-electron chi connectivity index (χ4n) is 1.88. The van der Waals surface area contributed by atoms with E-state index in [1.54, 1.807) is 18.3 Å². The van der Waals surface area contributed by atoms with Gasteiger partial charge in [0.2, 0.25) is 0 Å². The van der Waals surface area contributed by atoms with Crippen molar-refractivity contribution in [3.8, 4) is 0 Å². The fourth-order valence-corrected chi connectivity index (χ4v) is 1.88. The van der Waals surface area contributed by atoms with Gasteiger partial charge in [-0.1, -0.05) is 18.2 Å². The molecule has 6 nitrogen and oxygen atoms in total. The summed E-state index contributed by atoms with van der Waals surface area (Å²) < 4.78 is 1.83. The van der Waals surface area contributed by atoms with Gasteiger partial charge in [0.05, 0.1) is 11.5 Å². The number of benzene rings is 1. The van der Waals surface area contributed by atoms with Gasteiger partial charge in [0.1, 0.15) is 0 Å². The molecule has 19 heavy (non-hydrogen) atoms. The van der Waals surface area contributed by atoms with E-state index in [-0.39, 0.29) is 16.7 Å². The highest BCUT2D eigenvalue weighted by Crippen LogP contribution is 2.17. The van der Waals surface area contributed by atoms with E-state index in [4.69, 9.17) is 0 Å². The molecule has 0 spiro atoms. The van der Waals surface area contributed by atoms with Crippen molar-refractivity contribution in [1.29, 1.82) is 0 Å². The SMILES string of the molecule is CC(Cn1cccn1)NCc1ccccc1[N+](=O)[O-]. The number of hydrogen-bond acceptors (Lipinski definition) is 4. The average molecular weight is 260 g/mol. The maximum atomic E-state index is 10.9. The third-order valence-electron chi connectivity index (χ3n) is 2.85. The molecule has 0 saturated heterocycles. The van der Waals surface area contributed by atoms with Crippen LogP contribution in [-0.4, -0.2) is 20.7 Å². The van der Waals surface area contributed by atoms with Gasteiger partial charge >= 0.3 is 0 Å². The van der Waals surface area contributed by atoms with E-state index in [9.17, 15) is 10.1 Å². The average Bonchev–Trinajstić information content (AvgIpc) is 2.89. The molecule has 0 fully saturated rings. The van der Waals surface area contributed by atoms with Crippen molar-refractivity contribution in [1.82, 2.24) is 15.1 Å². The van der Waals surface area contributed by atoms with Crippen molar-refractivity contribution in [2.45, 2.75) is 26.1 Å². The molecule has 2 aromatic rings. The Kier molecular flexibility index (Phi) is 4.25. The summed E-state index contributed by atoms with van der Waals surface area (Å²) in [7, 11) is 0. The summed E-state index contributed by atoms with van der Waals surface area (Å²) in [5, 5.41) is 18.3. The van der Waals surface area contributed by atoms with E-state index < -0.39 is 0 Å². The molecule has 0 saturated carbocycles. The Bertz CT molecular complexity index is 539. The van der Waals surface area contributed by atoms with E-state index in [0.717, 1.165) is 6.54 Å². The molecular weight excluding hydrogens is 244 g/mol. The molecule has 2 rings (SSSR count). The van der Waals surface area contributed by atoms with Gasteiger partial charge in [0.25, 0.3) is 5.69 Å². The van der Waals surface area contributed by atoms with Crippen LogP contribution in [0.4, 0.5) is 5.69 Å². The first-order chi connectivity index (χ1) is 9.16. The van der Waals surface area contributed by atoms with E-state index in [0.29, 0.717) is 12.1 Å². The number of nitrogens with one attached hydrogen (secondary N) is 1. The van der Waals surface area contributed by atoms with Gasteiger partial charge in [-0.05, 0) is 13.0 Å². The second kappa shape index (κ2) is 6.10. The van der Waals surface area contributed by atoms with Crippen LogP contribution in [0.3, 0.4) is 0 Å². The van der Waals surface area contributed by atoms with Crippen LogP contribution >= 0.6 is 0 Å². The molecule has 1 heterocycles. The molecule has 1 aromatic carbocycles. The predicted molar refractivity (Wildman–Crippen MR) is 71.6 cm³/mol. The molecule has 0 radical (unpaired) electrons. The maximum Gasteiger partial charge on any atom is 0.273 e. The Balaban J connectivity index is 1.93. The quantitative estimate of drug-likeness (QED) is 0.636. The van der Waals surface area contributed by atoms with Crippen molar-refractivity contribution in [3.63, 3.8) is 0 Å². The van der Waals surface area contributed by atoms with Crippen molar-refractivity contribution < 1.29 is 4.92 Å². The summed E-state index contributed by atoms with van der Waals surface area (Å²) in [5.74, 6) is 0. The molecule has 1 unspecified atom stereocenters. The number of aromatic nitrogens is 2. The molecule has 0 bridgehead atoms. The monoisotopic (exact) mass is 260 g/mol. The summed E-state index contributed by atoms with van der Waals surface area (Å²) in [5.41, 5.74) is 0.848. The van der Waals surface area contributed by atoms with Crippen molar-refractivity contribution in [2.75, 3.05) is 0 Å². The lowest BCUT2D eigenvalue weighted by Gasteiger charge is -2.13. The van der Waals surface area contributed by atoms with Crippen LogP contribution in [0.2, 0.25) is 0 Å². The number of para-hydroxylation sites is 1. The molecule has 1 aromatic heterocycles. The molecular formula is C13H16N4O2. The smallest absolute Gasteiger partial charge is 0.273 e. The number of hydrogen-bond donors (Lipinski definition) is 1. The van der Waals surface area contributed by atoms with Gasteiger partial charge in [-0.3, -0.25) is 14.8 Å². The Hall–Kier alpha value is -2.21. The third kappa shape index (κ3) is 3.62. The van der Waals surface area contributed by atoms with Gasteiger partial charge in [0.15, 0.2) is 0 Å². The maximum absolute atomic E-state index is 10.9. The number of nitrogens with zero attached hydrogens (tertiary/aromatic N) is 3. The second-order valence-electron chi connectivity index (χ2n) is 4.40. The van der Waals surface area contributed by atoms with E-state index in [2.05, 4.69) is 10.4 Å². The minimum absolute atomic E-state index is 0.154. The minimum atomic E-state index is -0.352. The first-order valence-electron chi connectivity index (χ1n) is 6.10. The molecule has 0 amide bonds. The molecule has 100 valence electrons. The number of rotatable bonds is 6. The van der Waals surface area contributed by atoms with Crippen LogP contribution in [-0.2, 0) is 13.1 Å². The van der Waals surface area contributed by atoms with Crippen LogP contribution in [0.25, 0.3) is 0 Å². The van der Waals surface area contributed by atoms with Gasteiger partial charge in [-0.15, -0.1) is 0 Å². The molecule has 1 N–H and O–H groups in total. The topological polar surface area (TPSA) is 73.0 Å². The van der Waals surface area contributed by atoms with Gasteiger partial charge < -0.3 is 5.32 Å². The lowest BCUT2D eigenvalue weighted by Crippen LogP contribution is -2.30. The molecule has 0 aliphatic rings. The number of nitro groups is 1. The van der Waals surface area contributed by atoms with E-state index >= 15 is 0 Å². The van der Waals surface area contributed by atoms with Crippen LogP contribution in [0.5, 0.6) is 0 Å². The van der Waals surface area contributed by atoms with Crippen LogP contribution in [0, 0.1) is 10.1 Å². The van der Waals surface area contributed by atoms with Crippen LogP contribution in [0.15, 0.2) is 42.7 Å². The molecule has 0 aliphatic heterocycles. The van der Waals surface area contributed by atoms with E-state index in [1.807, 2.05) is 29.9 Å². The van der Waals surface area contributed by atoms with Gasteiger partial charge in [-0.2, -0.15) is 5.10 Å². The normalized spacial score (nSPS) is 12.3. The zero-order chi connectivity index (χ0) is 13.7. The highest BCUT2D eigenvalue weighted by Gasteiger charge is 2.12. The Morgan fingerprint density at radius 2 is 2.21 bits per heavy atom. The Labute approximate surface area is 111 Å². The van der Waals surface area contributed by atoms with Gasteiger partial charge in [0, 0.05) is 36.6 Å². The van der Waals surface area contributed by atoms with Crippen molar-refractivity contribution >= 4 is 5.69 Å². The highest BCUT2D eigenvalue weighted by atomic mass is 16.6. The minimum Gasteiger partial charge on any atom is -0.308 e. The molecule has 6 heteroatoms. The van der Waals surface area contributed by atoms with Gasteiger partial charge in [-0.25, -0.2) is 0 Å². The molecule has 0 aliphatic carbocycles. The standard InChI is InChI=1S/C13H16N4O2/c1-11(10-16-8-4-7-15-16)14-9-12-5-2-3-6-13(12)17(18)19/h2-8,11,14H,9-10H2,1H3. The lowest BCUT2D eigenvalue weighted by molar-refractivity contribution is -0.385. The largest absolute Gasteiger partial charge is 0.308 e. The first-order valence-corrected chi connectivity index (χ1v) is 6.10. The summed E-state index contributed by atoms with van der Waals surface area (Å²) in [6.07, 6.45) is 3.62. The van der Waals surface area contributed by atoms with Crippen LogP contribution in [0.1, 0.15) is 12.5 Å². The van der Waals surface area contributed by atoms with Crippen molar-refractivity contribution in [2.24, 2.45) is 0 Å². The highest BCUT2D eigenvalue weighted by molar-refractivity contribution is 5.39. The molecule has 1 atom stereocenters. The third-order valence-corrected chi connectivity index (χ3v) is 2.85. The zero-order valence-electron chi connectivity index (χ0n) is 10.7. The number of nitro benzene ring substituents is 1. The first kappa shape index (κ1) is 13.2. The predicted octanol–water partition coefficient (Wildman–Crippen LogP) is 1.97. The van der Waals surface area contributed by atoms with E-state index in [1.165, 1.54) is 6.07 Å². The summed E-state index contributed by atoms with van der Waals surface area (Å²) in [4.78, 5) is 10.5. The van der Waals surface area contributed by atoms with Crippen LogP contribution < -0.4 is 5.32 Å². The second-order valence-corrected chi connectivity index (χ2v) is 4.40. The zero-order valence-corrected chi connectivity index (χ0v) is 10.7. The van der Waals surface area contributed by atoms with Crippen molar-refractivity contribution in [3.05, 3.63) is 58.4 Å². The summed E-state index contributed by atoms with van der Waals surface area (Å²) in [6, 6.07) is 8.83.